The predicted molar refractivity (Wildman–Crippen MR) is 72.9 cm³/mol. The molecule has 1 atom stereocenters. The van der Waals surface area contributed by atoms with Gasteiger partial charge < -0.3 is 19.7 Å². The molecule has 0 bridgehead atoms. The van der Waals surface area contributed by atoms with E-state index in [1.165, 1.54) is 0 Å². The highest BCUT2D eigenvalue weighted by atomic mass is 16.5. The highest BCUT2D eigenvalue weighted by molar-refractivity contribution is 5.98. The lowest BCUT2D eigenvalue weighted by Gasteiger charge is -2.32. The van der Waals surface area contributed by atoms with Crippen molar-refractivity contribution in [3.05, 3.63) is 23.8 Å². The molecule has 1 amide bonds. The fourth-order valence-corrected chi connectivity index (χ4v) is 2.34. The van der Waals surface area contributed by atoms with Gasteiger partial charge >= 0.3 is 0 Å². The van der Waals surface area contributed by atoms with Gasteiger partial charge in [0.1, 0.15) is 0 Å². The van der Waals surface area contributed by atoms with Gasteiger partial charge in [0.25, 0.3) is 5.91 Å². The minimum atomic E-state index is -0.0101. The van der Waals surface area contributed by atoms with Crippen LogP contribution in [0.15, 0.2) is 18.2 Å². The summed E-state index contributed by atoms with van der Waals surface area (Å²) in [6.45, 7) is 4.31. The molecule has 1 saturated heterocycles. The summed E-state index contributed by atoms with van der Waals surface area (Å²) in [6.07, 6.45) is 0. The Balaban J connectivity index is 2.28. The summed E-state index contributed by atoms with van der Waals surface area (Å²) in [5.74, 6) is 1.07. The van der Waals surface area contributed by atoms with Crippen LogP contribution < -0.4 is 14.8 Å². The summed E-state index contributed by atoms with van der Waals surface area (Å²) in [5.41, 5.74) is 0.552. The van der Waals surface area contributed by atoms with Crippen molar-refractivity contribution in [2.24, 2.45) is 0 Å². The molecule has 0 spiro atoms. The molecule has 1 heterocycles. The van der Waals surface area contributed by atoms with E-state index in [9.17, 15) is 4.79 Å². The van der Waals surface area contributed by atoms with Crippen molar-refractivity contribution in [2.75, 3.05) is 33.9 Å². The van der Waals surface area contributed by atoms with E-state index in [2.05, 4.69) is 12.2 Å². The second-order valence-electron chi connectivity index (χ2n) is 4.65. The normalized spacial score (nSPS) is 19.1. The van der Waals surface area contributed by atoms with Crippen LogP contribution >= 0.6 is 0 Å². The summed E-state index contributed by atoms with van der Waals surface area (Å²) in [7, 11) is 3.12. The zero-order chi connectivity index (χ0) is 13.8. The Bertz CT molecular complexity index is 462. The molecule has 5 nitrogen and oxygen atoms in total. The summed E-state index contributed by atoms with van der Waals surface area (Å²) < 4.78 is 10.5. The first-order chi connectivity index (χ1) is 9.17. The lowest BCUT2D eigenvalue weighted by Crippen LogP contribution is -2.51. The molecule has 1 aromatic carbocycles. The van der Waals surface area contributed by atoms with Gasteiger partial charge in [0.05, 0.1) is 19.8 Å². The molecule has 1 aromatic rings. The minimum Gasteiger partial charge on any atom is -0.493 e. The van der Waals surface area contributed by atoms with Crippen molar-refractivity contribution in [2.45, 2.75) is 13.0 Å². The number of para-hydroxylation sites is 1. The average Bonchev–Trinajstić information content (AvgIpc) is 2.45. The zero-order valence-corrected chi connectivity index (χ0v) is 11.6. The van der Waals surface area contributed by atoms with Crippen LogP contribution in [-0.2, 0) is 0 Å². The molecular formula is C14H20N2O3. The van der Waals surface area contributed by atoms with Crippen LogP contribution in [0.2, 0.25) is 0 Å². The van der Waals surface area contributed by atoms with Crippen molar-refractivity contribution >= 4 is 5.91 Å². The summed E-state index contributed by atoms with van der Waals surface area (Å²) in [5, 5.41) is 3.32. The van der Waals surface area contributed by atoms with Crippen molar-refractivity contribution < 1.29 is 14.3 Å². The molecule has 0 unspecified atom stereocenters. The topological polar surface area (TPSA) is 50.8 Å². The monoisotopic (exact) mass is 264 g/mol. The zero-order valence-electron chi connectivity index (χ0n) is 11.6. The first-order valence-electron chi connectivity index (χ1n) is 6.41. The number of carbonyl (C=O) groups excluding carboxylic acids is 1. The molecular weight excluding hydrogens is 244 g/mol. The summed E-state index contributed by atoms with van der Waals surface area (Å²) in [4.78, 5) is 14.4. The van der Waals surface area contributed by atoms with Gasteiger partial charge in [-0.1, -0.05) is 6.07 Å². The molecule has 0 saturated carbocycles. The Labute approximate surface area is 113 Å². The van der Waals surface area contributed by atoms with Crippen LogP contribution in [0.4, 0.5) is 0 Å². The number of ether oxygens (including phenoxy) is 2. The maximum atomic E-state index is 12.6. The molecule has 1 fully saturated rings. The maximum absolute atomic E-state index is 12.6. The number of benzene rings is 1. The number of methoxy groups -OCH3 is 2. The second kappa shape index (κ2) is 5.93. The van der Waals surface area contributed by atoms with Crippen molar-refractivity contribution in [3.8, 4) is 11.5 Å². The van der Waals surface area contributed by atoms with Crippen LogP contribution in [0.1, 0.15) is 17.3 Å². The standard InChI is InChI=1S/C14H20N2O3/c1-10-9-16(8-7-15-10)14(17)11-5-4-6-12(18-2)13(11)19-3/h4-6,10,15H,7-9H2,1-3H3/t10-/m1/s1. The Hall–Kier alpha value is -1.75. The Morgan fingerprint density at radius 3 is 2.79 bits per heavy atom. The van der Waals surface area contributed by atoms with Gasteiger partial charge in [-0.2, -0.15) is 0 Å². The molecule has 104 valence electrons. The number of hydrogen-bond donors (Lipinski definition) is 1. The number of rotatable bonds is 3. The lowest BCUT2D eigenvalue weighted by atomic mass is 10.1. The quantitative estimate of drug-likeness (QED) is 0.889. The average molecular weight is 264 g/mol. The number of nitrogens with zero attached hydrogens (tertiary/aromatic N) is 1. The number of nitrogens with one attached hydrogen (secondary N) is 1. The predicted octanol–water partition coefficient (Wildman–Crippen LogP) is 1.14. The molecule has 0 aromatic heterocycles. The molecule has 19 heavy (non-hydrogen) atoms. The third-order valence-electron chi connectivity index (χ3n) is 3.29. The Morgan fingerprint density at radius 1 is 1.37 bits per heavy atom. The second-order valence-corrected chi connectivity index (χ2v) is 4.65. The van der Waals surface area contributed by atoms with Gasteiger partial charge in [-0.3, -0.25) is 4.79 Å². The van der Waals surface area contributed by atoms with Crippen molar-refractivity contribution in [1.82, 2.24) is 10.2 Å². The molecule has 1 N–H and O–H groups in total. The fraction of sp³-hybridized carbons (Fsp3) is 0.500. The highest BCUT2D eigenvalue weighted by Gasteiger charge is 2.25. The van der Waals surface area contributed by atoms with Crippen LogP contribution in [0.5, 0.6) is 11.5 Å². The summed E-state index contributed by atoms with van der Waals surface area (Å²) >= 11 is 0. The van der Waals surface area contributed by atoms with Crippen LogP contribution in [-0.4, -0.2) is 50.7 Å². The lowest BCUT2D eigenvalue weighted by molar-refractivity contribution is 0.0705. The van der Waals surface area contributed by atoms with Crippen LogP contribution in [0.3, 0.4) is 0 Å². The number of piperazine rings is 1. The van der Waals surface area contributed by atoms with Gasteiger partial charge in [0.15, 0.2) is 11.5 Å². The van der Waals surface area contributed by atoms with Crippen molar-refractivity contribution in [1.29, 1.82) is 0 Å². The number of hydrogen-bond acceptors (Lipinski definition) is 4. The smallest absolute Gasteiger partial charge is 0.257 e. The van der Waals surface area contributed by atoms with E-state index in [-0.39, 0.29) is 5.91 Å². The third-order valence-corrected chi connectivity index (χ3v) is 3.29. The molecule has 0 aliphatic carbocycles. The third kappa shape index (κ3) is 2.81. The Morgan fingerprint density at radius 2 is 2.16 bits per heavy atom. The largest absolute Gasteiger partial charge is 0.493 e. The first kappa shape index (κ1) is 13.7. The molecule has 5 heteroatoms. The van der Waals surface area contributed by atoms with E-state index in [1.807, 2.05) is 4.90 Å². The molecule has 2 rings (SSSR count). The van der Waals surface area contributed by atoms with E-state index in [0.29, 0.717) is 36.2 Å². The molecule has 0 radical (unpaired) electrons. The maximum Gasteiger partial charge on any atom is 0.257 e. The van der Waals surface area contributed by atoms with E-state index in [0.717, 1.165) is 6.54 Å². The highest BCUT2D eigenvalue weighted by Crippen LogP contribution is 2.31. The van der Waals surface area contributed by atoms with E-state index in [1.54, 1.807) is 32.4 Å². The fourth-order valence-electron chi connectivity index (χ4n) is 2.34. The van der Waals surface area contributed by atoms with Crippen LogP contribution in [0.25, 0.3) is 0 Å². The van der Waals surface area contributed by atoms with E-state index < -0.39 is 0 Å². The van der Waals surface area contributed by atoms with Gasteiger partial charge in [0, 0.05) is 25.7 Å². The van der Waals surface area contributed by atoms with Gasteiger partial charge in [-0.15, -0.1) is 0 Å². The number of carbonyl (C=O) groups is 1. The minimum absolute atomic E-state index is 0.0101. The van der Waals surface area contributed by atoms with Gasteiger partial charge in [-0.25, -0.2) is 0 Å². The number of amides is 1. The first-order valence-corrected chi connectivity index (χ1v) is 6.41. The van der Waals surface area contributed by atoms with Crippen LogP contribution in [0, 0.1) is 0 Å². The summed E-state index contributed by atoms with van der Waals surface area (Å²) in [6, 6.07) is 5.68. The Kier molecular flexibility index (Phi) is 4.27. The van der Waals surface area contributed by atoms with Gasteiger partial charge in [-0.05, 0) is 19.1 Å². The molecule has 1 aliphatic rings. The van der Waals surface area contributed by atoms with E-state index >= 15 is 0 Å². The van der Waals surface area contributed by atoms with Crippen molar-refractivity contribution in [3.63, 3.8) is 0 Å². The van der Waals surface area contributed by atoms with E-state index in [4.69, 9.17) is 9.47 Å². The molecule has 1 aliphatic heterocycles. The van der Waals surface area contributed by atoms with Gasteiger partial charge in [0.2, 0.25) is 0 Å². The SMILES string of the molecule is COc1cccc(C(=O)N2CCN[C@H](C)C2)c1OC.